The fourth-order valence-electron chi connectivity index (χ4n) is 2.36. The highest BCUT2D eigenvalue weighted by Crippen LogP contribution is 2.27. The number of nitrogens with zero attached hydrogens (tertiary/aromatic N) is 3. The van der Waals surface area contributed by atoms with E-state index in [0.29, 0.717) is 22.2 Å². The normalized spacial score (nSPS) is 11.3. The lowest BCUT2D eigenvalue weighted by Crippen LogP contribution is -1.98. The van der Waals surface area contributed by atoms with Crippen molar-refractivity contribution in [1.29, 1.82) is 5.26 Å². The van der Waals surface area contributed by atoms with E-state index in [4.69, 9.17) is 28.5 Å². The maximum Gasteiger partial charge on any atom is 0.0991 e. The summed E-state index contributed by atoms with van der Waals surface area (Å²) >= 11 is 12.3. The number of imidazole rings is 1. The lowest BCUT2D eigenvalue weighted by Gasteiger charge is -2.10. The number of rotatable bonds is 4. The molecule has 0 aliphatic heterocycles. The minimum Gasteiger partial charge on any atom is -0.333 e. The van der Waals surface area contributed by atoms with Crippen LogP contribution in [0.5, 0.6) is 0 Å². The summed E-state index contributed by atoms with van der Waals surface area (Å²) in [4.78, 5) is 4.08. The van der Waals surface area contributed by atoms with Crippen LogP contribution in [-0.2, 0) is 6.54 Å². The number of allylic oxidation sites excluding steroid dienone is 1. The summed E-state index contributed by atoms with van der Waals surface area (Å²) in [6.45, 7) is 0.644. The molecule has 1 aromatic heterocycles. The molecule has 0 atom stereocenters. The Balaban J connectivity index is 2.03. The van der Waals surface area contributed by atoms with E-state index in [1.807, 2.05) is 41.1 Å². The van der Waals surface area contributed by atoms with Crippen LogP contribution < -0.4 is 0 Å². The quantitative estimate of drug-likeness (QED) is 0.597. The monoisotopic (exact) mass is 353 g/mol. The van der Waals surface area contributed by atoms with Crippen LogP contribution in [0.25, 0.3) is 11.6 Å². The first-order chi connectivity index (χ1) is 11.7. The van der Waals surface area contributed by atoms with Crippen molar-refractivity contribution in [2.45, 2.75) is 6.54 Å². The van der Waals surface area contributed by atoms with Gasteiger partial charge in [0, 0.05) is 29.0 Å². The van der Waals surface area contributed by atoms with E-state index in [1.165, 1.54) is 0 Å². The lowest BCUT2D eigenvalue weighted by atomic mass is 10.0. The zero-order chi connectivity index (χ0) is 16.9. The molecule has 24 heavy (non-hydrogen) atoms. The topological polar surface area (TPSA) is 41.6 Å². The zero-order valence-electron chi connectivity index (χ0n) is 12.7. The van der Waals surface area contributed by atoms with Crippen molar-refractivity contribution in [1.82, 2.24) is 9.55 Å². The first-order valence-corrected chi connectivity index (χ1v) is 8.03. The number of hydrogen-bond acceptors (Lipinski definition) is 2. The number of halogens is 2. The highest BCUT2D eigenvalue weighted by Gasteiger charge is 2.06. The number of aromatic nitrogens is 2. The molecule has 0 N–H and O–H groups in total. The molecule has 0 aliphatic rings. The SMILES string of the molecule is N#Cc1ccc(/C(=C\c2ccc(Cl)cc2Cl)Cn2ccnc2)cc1. The van der Waals surface area contributed by atoms with Gasteiger partial charge < -0.3 is 4.57 Å². The fourth-order valence-corrected chi connectivity index (χ4v) is 2.83. The van der Waals surface area contributed by atoms with E-state index in [0.717, 1.165) is 16.7 Å². The molecular weight excluding hydrogens is 341 g/mol. The average Bonchev–Trinajstić information content (AvgIpc) is 3.10. The Hall–Kier alpha value is -2.54. The summed E-state index contributed by atoms with van der Waals surface area (Å²) in [5.41, 5.74) is 3.60. The van der Waals surface area contributed by atoms with Crippen LogP contribution >= 0.6 is 23.2 Å². The molecule has 3 rings (SSSR count). The van der Waals surface area contributed by atoms with Gasteiger partial charge in [0.05, 0.1) is 18.0 Å². The lowest BCUT2D eigenvalue weighted by molar-refractivity contribution is 0.836. The Morgan fingerprint density at radius 2 is 1.96 bits per heavy atom. The fraction of sp³-hybridized carbons (Fsp3) is 0.0526. The molecule has 0 fully saturated rings. The van der Waals surface area contributed by atoms with Crippen molar-refractivity contribution in [3.63, 3.8) is 0 Å². The second-order valence-corrected chi connectivity index (χ2v) is 6.10. The third-order valence-electron chi connectivity index (χ3n) is 3.59. The third-order valence-corrected chi connectivity index (χ3v) is 4.15. The van der Waals surface area contributed by atoms with Crippen LogP contribution in [0.4, 0.5) is 0 Å². The Morgan fingerprint density at radius 1 is 1.17 bits per heavy atom. The van der Waals surface area contributed by atoms with Gasteiger partial charge in [0.15, 0.2) is 0 Å². The van der Waals surface area contributed by atoms with Crippen molar-refractivity contribution in [3.8, 4) is 6.07 Å². The molecule has 118 valence electrons. The van der Waals surface area contributed by atoms with Gasteiger partial charge in [-0.25, -0.2) is 4.98 Å². The maximum absolute atomic E-state index is 8.97. The van der Waals surface area contributed by atoms with E-state index in [-0.39, 0.29) is 0 Å². The van der Waals surface area contributed by atoms with Crippen molar-refractivity contribution in [2.24, 2.45) is 0 Å². The van der Waals surface area contributed by atoms with E-state index in [2.05, 4.69) is 11.1 Å². The van der Waals surface area contributed by atoms with E-state index in [9.17, 15) is 0 Å². The van der Waals surface area contributed by atoms with Crippen LogP contribution in [0.2, 0.25) is 10.0 Å². The van der Waals surface area contributed by atoms with Crippen molar-refractivity contribution < 1.29 is 0 Å². The van der Waals surface area contributed by atoms with Gasteiger partial charge in [0.1, 0.15) is 0 Å². The number of nitriles is 1. The molecule has 0 saturated carbocycles. The molecule has 0 amide bonds. The van der Waals surface area contributed by atoms with Crippen molar-refractivity contribution >= 4 is 34.9 Å². The smallest absolute Gasteiger partial charge is 0.0991 e. The van der Waals surface area contributed by atoms with Gasteiger partial charge in [-0.2, -0.15) is 5.26 Å². The van der Waals surface area contributed by atoms with Crippen LogP contribution in [0, 0.1) is 11.3 Å². The summed E-state index contributed by atoms with van der Waals surface area (Å²) < 4.78 is 1.98. The average molecular weight is 354 g/mol. The summed E-state index contributed by atoms with van der Waals surface area (Å²) in [5.74, 6) is 0. The molecule has 1 heterocycles. The van der Waals surface area contributed by atoms with Crippen LogP contribution in [-0.4, -0.2) is 9.55 Å². The van der Waals surface area contributed by atoms with Gasteiger partial charge in [-0.3, -0.25) is 0 Å². The van der Waals surface area contributed by atoms with Gasteiger partial charge in [-0.05, 0) is 47.0 Å². The van der Waals surface area contributed by atoms with Gasteiger partial charge >= 0.3 is 0 Å². The summed E-state index contributed by atoms with van der Waals surface area (Å²) in [7, 11) is 0. The Morgan fingerprint density at radius 3 is 2.58 bits per heavy atom. The van der Waals surface area contributed by atoms with Crippen LogP contribution in [0.1, 0.15) is 16.7 Å². The molecule has 0 spiro atoms. The zero-order valence-corrected chi connectivity index (χ0v) is 14.2. The van der Waals surface area contributed by atoms with Crippen LogP contribution in [0.3, 0.4) is 0 Å². The minimum absolute atomic E-state index is 0.597. The summed E-state index contributed by atoms with van der Waals surface area (Å²) in [6, 6.07) is 15.0. The van der Waals surface area contributed by atoms with Crippen molar-refractivity contribution in [3.05, 3.63) is 87.9 Å². The first-order valence-electron chi connectivity index (χ1n) is 7.27. The van der Waals surface area contributed by atoms with E-state index in [1.54, 1.807) is 30.7 Å². The highest BCUT2D eigenvalue weighted by molar-refractivity contribution is 6.35. The minimum atomic E-state index is 0.597. The second kappa shape index (κ2) is 7.35. The first kappa shape index (κ1) is 16.3. The standard InChI is InChI=1S/C19H13Cl2N3/c20-18-6-5-16(19(21)10-18)9-17(12-24-8-7-23-13-24)15-3-1-14(11-22)2-4-15/h1-10,13H,12H2/b17-9-. The molecule has 5 heteroatoms. The predicted molar refractivity (Wildman–Crippen MR) is 97.7 cm³/mol. The summed E-state index contributed by atoms with van der Waals surface area (Å²) in [5, 5.41) is 10.2. The van der Waals surface area contributed by atoms with E-state index >= 15 is 0 Å². The van der Waals surface area contributed by atoms with Gasteiger partial charge in [0.2, 0.25) is 0 Å². The van der Waals surface area contributed by atoms with Crippen LogP contribution in [0.15, 0.2) is 61.2 Å². The molecular formula is C19H13Cl2N3. The molecule has 2 aromatic carbocycles. The Kier molecular flexibility index (Phi) is 5.00. The molecule has 0 aliphatic carbocycles. The van der Waals surface area contributed by atoms with E-state index < -0.39 is 0 Å². The number of benzene rings is 2. The molecule has 0 unspecified atom stereocenters. The third kappa shape index (κ3) is 3.86. The van der Waals surface area contributed by atoms with Gasteiger partial charge in [-0.15, -0.1) is 0 Å². The summed E-state index contributed by atoms with van der Waals surface area (Å²) in [6.07, 6.45) is 7.44. The largest absolute Gasteiger partial charge is 0.333 e. The Bertz CT molecular complexity index is 905. The highest BCUT2D eigenvalue weighted by atomic mass is 35.5. The van der Waals surface area contributed by atoms with Gasteiger partial charge in [0.25, 0.3) is 0 Å². The molecule has 0 radical (unpaired) electrons. The van der Waals surface area contributed by atoms with Gasteiger partial charge in [-0.1, -0.05) is 41.4 Å². The molecule has 0 bridgehead atoms. The molecule has 3 aromatic rings. The molecule has 3 nitrogen and oxygen atoms in total. The van der Waals surface area contributed by atoms with Crippen molar-refractivity contribution in [2.75, 3.05) is 0 Å². The second-order valence-electron chi connectivity index (χ2n) is 5.26. The molecule has 0 saturated heterocycles. The Labute approximate surface area is 150 Å². The maximum atomic E-state index is 8.97. The predicted octanol–water partition coefficient (Wildman–Crippen LogP) is 5.30. The number of hydrogen-bond donors (Lipinski definition) is 0.